The number of aliphatic hydroxyl groups is 10. The van der Waals surface area contributed by atoms with Gasteiger partial charge in [0.05, 0.1) is 29.8 Å². The highest BCUT2D eigenvalue weighted by Crippen LogP contribution is 2.35. The lowest BCUT2D eigenvalue weighted by Crippen LogP contribution is -2.66. The van der Waals surface area contributed by atoms with Crippen LogP contribution in [0, 0.1) is 10.1 Å². The third-order valence-electron chi connectivity index (χ3n) is 7.44. The minimum absolute atomic E-state index is 0.157. The molecule has 1 aromatic rings. The van der Waals surface area contributed by atoms with Crippen molar-refractivity contribution in [2.45, 2.75) is 92.1 Å². The van der Waals surface area contributed by atoms with Gasteiger partial charge in [0.15, 0.2) is 12.6 Å². The molecule has 19 nitrogen and oxygen atoms in total. The number of nitro benzene ring substituents is 1. The van der Waals surface area contributed by atoms with Crippen LogP contribution in [0.15, 0.2) is 18.2 Å². The van der Waals surface area contributed by atoms with Gasteiger partial charge in [0.25, 0.3) is 5.69 Å². The maximum absolute atomic E-state index is 10.9. The molecule has 0 amide bonds. The van der Waals surface area contributed by atoms with Crippen LogP contribution >= 0.6 is 11.6 Å². The number of rotatable bonds is 10. The van der Waals surface area contributed by atoms with Gasteiger partial charge in [-0.3, -0.25) is 10.1 Å². The van der Waals surface area contributed by atoms with Crippen molar-refractivity contribution >= 4 is 17.3 Å². The molecule has 44 heavy (non-hydrogen) atoms. The third-order valence-corrected chi connectivity index (χ3v) is 7.74. The predicted octanol–water partition coefficient (Wildman–Crippen LogP) is -4.92. The Morgan fingerprint density at radius 3 is 1.61 bits per heavy atom. The van der Waals surface area contributed by atoms with Gasteiger partial charge in [0.1, 0.15) is 79.0 Å². The first-order valence-corrected chi connectivity index (χ1v) is 13.7. The van der Waals surface area contributed by atoms with Crippen LogP contribution < -0.4 is 4.74 Å². The van der Waals surface area contributed by atoms with E-state index < -0.39 is 117 Å². The van der Waals surface area contributed by atoms with E-state index in [1.165, 1.54) is 0 Å². The molecule has 3 fully saturated rings. The van der Waals surface area contributed by atoms with Gasteiger partial charge >= 0.3 is 0 Å². The summed E-state index contributed by atoms with van der Waals surface area (Å²) in [5, 5.41) is 113. The Morgan fingerprint density at radius 2 is 1.14 bits per heavy atom. The van der Waals surface area contributed by atoms with Gasteiger partial charge in [0.2, 0.25) is 6.29 Å². The minimum atomic E-state index is -1.98. The average molecular weight is 660 g/mol. The molecule has 3 saturated heterocycles. The number of aliphatic hydroxyl groups excluding tert-OH is 10. The maximum Gasteiger partial charge on any atom is 0.271 e. The highest BCUT2D eigenvalue weighted by molar-refractivity contribution is 6.32. The van der Waals surface area contributed by atoms with Gasteiger partial charge < -0.3 is 79.5 Å². The molecule has 0 aliphatic carbocycles. The second-order valence-electron chi connectivity index (χ2n) is 10.3. The fraction of sp³-hybridized carbons (Fsp3) is 0.750. The van der Waals surface area contributed by atoms with E-state index in [0.29, 0.717) is 0 Å². The van der Waals surface area contributed by atoms with Gasteiger partial charge in [-0.25, -0.2) is 0 Å². The SMILES string of the molecule is O=[N+]([O-])c1ccc(O[C@H]2O[C@H](CO)[C@@H](O[C@H]3O[C@H](CO)[C@@H](O[C@@H]4O[C@H](CO)[C@H](O)[C@H](O)[C@H]4O)[C@H](O)[C@H]3O)[C@H](O)[C@H]2O)c(Cl)c1. The second kappa shape index (κ2) is 14.7. The molecule has 10 N–H and O–H groups in total. The summed E-state index contributed by atoms with van der Waals surface area (Å²) in [6, 6.07) is 3.18. The van der Waals surface area contributed by atoms with Crippen LogP contribution in [-0.2, 0) is 23.7 Å². The van der Waals surface area contributed by atoms with Crippen molar-refractivity contribution in [1.29, 1.82) is 0 Å². The Morgan fingerprint density at radius 1 is 0.682 bits per heavy atom. The van der Waals surface area contributed by atoms with Crippen LogP contribution in [0.1, 0.15) is 0 Å². The summed E-state index contributed by atoms with van der Waals surface area (Å²) < 4.78 is 32.8. The van der Waals surface area contributed by atoms with Crippen molar-refractivity contribution in [2.24, 2.45) is 0 Å². The molecule has 20 heteroatoms. The lowest BCUT2D eigenvalue weighted by atomic mass is 9.96. The fourth-order valence-electron chi connectivity index (χ4n) is 4.96. The van der Waals surface area contributed by atoms with E-state index >= 15 is 0 Å². The van der Waals surface area contributed by atoms with E-state index in [0.717, 1.165) is 18.2 Å². The van der Waals surface area contributed by atoms with E-state index in [1.807, 2.05) is 0 Å². The van der Waals surface area contributed by atoms with Crippen molar-refractivity contribution in [2.75, 3.05) is 19.8 Å². The normalized spacial score (nSPS) is 43.0. The van der Waals surface area contributed by atoms with Gasteiger partial charge in [-0.2, -0.15) is 0 Å². The Bertz CT molecular complexity index is 1110. The average Bonchev–Trinajstić information content (AvgIpc) is 3.00. The highest BCUT2D eigenvalue weighted by atomic mass is 35.5. The Hall–Kier alpha value is -1.89. The van der Waals surface area contributed by atoms with Crippen LogP contribution in [-0.4, -0.2) is 168 Å². The standard InChI is InChI=1S/C24H34ClNO18/c25-8-3-7(26(37)38)1-2-9(8)39-22-18(35)15(32)20(11(5-28)41-22)44-24-19(36)16(33)21(12(6-29)42-24)43-23-17(34)14(31)13(30)10(4-27)40-23/h1-3,10-24,27-36H,4-6H2/t10-,11-,12-,13+,14+,15-,16-,17-,18-,19-,20-,21-,22+,23+,24-/m1/s1. The molecule has 3 heterocycles. The van der Waals surface area contributed by atoms with Crippen LogP contribution in [0.3, 0.4) is 0 Å². The van der Waals surface area contributed by atoms with E-state index in [9.17, 15) is 61.2 Å². The summed E-state index contributed by atoms with van der Waals surface area (Å²) in [5.74, 6) is -0.157. The molecule has 3 aliphatic rings. The van der Waals surface area contributed by atoms with Gasteiger partial charge in [-0.15, -0.1) is 0 Å². The third kappa shape index (κ3) is 7.08. The molecule has 1 aromatic carbocycles. The molecule has 0 saturated carbocycles. The summed E-state index contributed by atoms with van der Waals surface area (Å²) in [5.41, 5.74) is -0.343. The molecular weight excluding hydrogens is 626 g/mol. The van der Waals surface area contributed by atoms with Crippen molar-refractivity contribution in [3.05, 3.63) is 33.3 Å². The summed E-state index contributed by atoms with van der Waals surface area (Å²) in [7, 11) is 0. The van der Waals surface area contributed by atoms with Gasteiger partial charge in [-0.05, 0) is 6.07 Å². The van der Waals surface area contributed by atoms with Crippen molar-refractivity contribution < 1.29 is 84.4 Å². The monoisotopic (exact) mass is 659 g/mol. The van der Waals surface area contributed by atoms with Crippen LogP contribution in [0.5, 0.6) is 5.75 Å². The predicted molar refractivity (Wildman–Crippen MR) is 138 cm³/mol. The number of ether oxygens (including phenoxy) is 6. The highest BCUT2D eigenvalue weighted by Gasteiger charge is 2.53. The first-order valence-electron chi connectivity index (χ1n) is 13.3. The Labute approximate surface area is 253 Å². The van der Waals surface area contributed by atoms with Gasteiger partial charge in [-0.1, -0.05) is 11.6 Å². The largest absolute Gasteiger partial charge is 0.460 e. The second-order valence-corrected chi connectivity index (χ2v) is 10.7. The van der Waals surface area contributed by atoms with E-state index in [2.05, 4.69) is 0 Å². The zero-order valence-electron chi connectivity index (χ0n) is 22.6. The first-order chi connectivity index (χ1) is 20.8. The van der Waals surface area contributed by atoms with E-state index in [1.54, 1.807) is 0 Å². The smallest absolute Gasteiger partial charge is 0.271 e. The zero-order chi connectivity index (χ0) is 32.5. The molecule has 3 aliphatic heterocycles. The number of nitrogens with zero attached hydrogens (tertiary/aromatic N) is 1. The molecular formula is C24H34ClNO18. The number of hydrogen-bond acceptors (Lipinski definition) is 18. The Kier molecular flexibility index (Phi) is 11.7. The van der Waals surface area contributed by atoms with Crippen LogP contribution in [0.25, 0.3) is 0 Å². The Balaban J connectivity index is 1.44. The molecule has 0 aromatic heterocycles. The first kappa shape index (κ1) is 35.0. The molecule has 250 valence electrons. The maximum atomic E-state index is 10.9. The van der Waals surface area contributed by atoms with Gasteiger partial charge in [0, 0.05) is 12.1 Å². The number of benzene rings is 1. The topological polar surface area (TPSA) is 301 Å². The number of hydrogen-bond donors (Lipinski definition) is 10. The lowest BCUT2D eigenvalue weighted by molar-refractivity contribution is -0.384. The number of non-ortho nitro benzene ring substituents is 1. The number of nitro groups is 1. The summed E-state index contributed by atoms with van der Waals surface area (Å²) in [6.45, 7) is -2.47. The van der Waals surface area contributed by atoms with Crippen molar-refractivity contribution in [3.63, 3.8) is 0 Å². The van der Waals surface area contributed by atoms with Crippen molar-refractivity contribution in [3.8, 4) is 5.75 Å². The minimum Gasteiger partial charge on any atom is -0.460 e. The quantitative estimate of drug-likeness (QED) is 0.0831. The van der Waals surface area contributed by atoms with Crippen LogP contribution in [0.2, 0.25) is 5.02 Å². The molecule has 0 unspecified atom stereocenters. The van der Waals surface area contributed by atoms with E-state index in [4.69, 9.17) is 40.0 Å². The number of halogens is 1. The van der Waals surface area contributed by atoms with Crippen molar-refractivity contribution in [1.82, 2.24) is 0 Å². The molecule has 0 bridgehead atoms. The van der Waals surface area contributed by atoms with Crippen LogP contribution in [0.4, 0.5) is 5.69 Å². The summed E-state index contributed by atoms with van der Waals surface area (Å²) in [4.78, 5) is 10.2. The zero-order valence-corrected chi connectivity index (χ0v) is 23.3. The fourth-order valence-corrected chi connectivity index (χ4v) is 5.18. The lowest BCUT2D eigenvalue weighted by Gasteiger charge is -2.48. The molecule has 0 radical (unpaired) electrons. The molecule has 4 rings (SSSR count). The summed E-state index contributed by atoms with van der Waals surface area (Å²) >= 11 is 6.01. The molecule has 15 atom stereocenters. The molecule has 0 spiro atoms. The summed E-state index contributed by atoms with van der Waals surface area (Å²) in [6.07, 6.45) is -25.9. The van der Waals surface area contributed by atoms with E-state index in [-0.39, 0.29) is 16.5 Å².